The summed E-state index contributed by atoms with van der Waals surface area (Å²) < 4.78 is 67.7. The highest BCUT2D eigenvalue weighted by atomic mass is 19.4. The van der Waals surface area contributed by atoms with Gasteiger partial charge in [0.15, 0.2) is 11.6 Å². The first kappa shape index (κ1) is 29.9. The molecule has 0 atom stereocenters. The topological polar surface area (TPSA) is 94.5 Å². The van der Waals surface area contributed by atoms with Crippen LogP contribution in [0.3, 0.4) is 0 Å². The fourth-order valence-electron chi connectivity index (χ4n) is 4.90. The van der Waals surface area contributed by atoms with E-state index in [1.54, 1.807) is 13.8 Å². The van der Waals surface area contributed by atoms with Gasteiger partial charge in [0.1, 0.15) is 5.56 Å². The smallest absolute Gasteiger partial charge is 0.421 e. The van der Waals surface area contributed by atoms with Gasteiger partial charge in [-0.05, 0) is 38.3 Å². The molecule has 0 radical (unpaired) electrons. The Kier molecular flexibility index (Phi) is 9.19. The number of benzene rings is 1. The third-order valence-electron chi connectivity index (χ3n) is 6.84. The summed E-state index contributed by atoms with van der Waals surface area (Å²) in [6.07, 6.45) is 4.74. The number of amides is 1. The Morgan fingerprint density at radius 3 is 2.39 bits per heavy atom. The Bertz CT molecular complexity index is 1390. The number of hydrogen-bond donors (Lipinski definition) is 0. The Morgan fingerprint density at radius 1 is 1.05 bits per heavy atom. The van der Waals surface area contributed by atoms with Crippen molar-refractivity contribution in [2.45, 2.75) is 64.6 Å². The number of esters is 1. The van der Waals surface area contributed by atoms with Gasteiger partial charge in [-0.15, -0.1) is 0 Å². The van der Waals surface area contributed by atoms with E-state index < -0.39 is 41.2 Å². The van der Waals surface area contributed by atoms with Gasteiger partial charge >= 0.3 is 12.1 Å². The van der Waals surface area contributed by atoms with Crippen molar-refractivity contribution in [1.29, 1.82) is 0 Å². The predicted octanol–water partition coefficient (Wildman–Crippen LogP) is 6.52. The maximum Gasteiger partial charge on any atom is 0.421 e. The lowest BCUT2D eigenvalue weighted by atomic mass is 9.87. The zero-order chi connectivity index (χ0) is 29.7. The number of halogens is 4. The first-order chi connectivity index (χ1) is 19.5. The van der Waals surface area contributed by atoms with Crippen LogP contribution < -0.4 is 9.64 Å². The van der Waals surface area contributed by atoms with Crippen LogP contribution in [0, 0.1) is 11.7 Å². The van der Waals surface area contributed by atoms with Crippen LogP contribution in [0.15, 0.2) is 43.0 Å². The molecular weight excluding hydrogens is 544 g/mol. The molecule has 0 saturated heterocycles. The highest BCUT2D eigenvalue weighted by molar-refractivity contribution is 6.04. The SMILES string of the molecule is COC(=O)c1cc(Oc2ncc(Cc3cnccn3)cc2C(F)(F)F)c(F)cc1N(C(=O)C1CCCCC1)C(C)C. The van der Waals surface area contributed by atoms with Gasteiger partial charge in [0.05, 0.1) is 24.1 Å². The van der Waals surface area contributed by atoms with Crippen LogP contribution in [0.25, 0.3) is 0 Å². The standard InChI is InChI=1S/C29H30F4N4O4/c1-17(2)37(27(38)19-7-5-4-6-8-19)24-14-23(30)25(13-21(24)28(39)40-3)41-26-22(29(31,32)33)12-18(15-36-26)11-20-16-34-9-10-35-20/h9-10,12-17,19H,4-8,11H2,1-3H3. The second-order valence-corrected chi connectivity index (χ2v) is 10.1. The van der Waals surface area contributed by atoms with Gasteiger partial charge in [-0.25, -0.2) is 14.2 Å². The average Bonchev–Trinajstić information content (AvgIpc) is 2.95. The van der Waals surface area contributed by atoms with Crippen molar-refractivity contribution in [2.24, 2.45) is 5.92 Å². The molecule has 0 spiro atoms. The van der Waals surface area contributed by atoms with E-state index in [4.69, 9.17) is 9.47 Å². The van der Waals surface area contributed by atoms with Crippen LogP contribution in [0.1, 0.15) is 73.1 Å². The molecule has 4 rings (SSSR count). The molecule has 1 amide bonds. The molecule has 12 heteroatoms. The van der Waals surface area contributed by atoms with Crippen molar-refractivity contribution in [3.05, 3.63) is 71.2 Å². The molecule has 41 heavy (non-hydrogen) atoms. The number of pyridine rings is 1. The molecule has 1 saturated carbocycles. The van der Waals surface area contributed by atoms with Crippen LogP contribution in [-0.2, 0) is 22.1 Å². The summed E-state index contributed by atoms with van der Waals surface area (Å²) in [6.45, 7) is 3.46. The first-order valence-corrected chi connectivity index (χ1v) is 13.2. The van der Waals surface area contributed by atoms with Gasteiger partial charge in [0, 0.05) is 55.3 Å². The first-order valence-electron chi connectivity index (χ1n) is 13.2. The summed E-state index contributed by atoms with van der Waals surface area (Å²) in [6, 6.07) is 2.25. The molecule has 0 aliphatic heterocycles. The van der Waals surface area contributed by atoms with E-state index in [9.17, 15) is 22.8 Å². The number of carbonyl (C=O) groups excluding carboxylic acids is 2. The van der Waals surface area contributed by atoms with E-state index >= 15 is 4.39 Å². The van der Waals surface area contributed by atoms with Crippen molar-refractivity contribution in [3.8, 4) is 11.6 Å². The van der Waals surface area contributed by atoms with E-state index in [1.165, 1.54) is 23.5 Å². The van der Waals surface area contributed by atoms with Crippen LogP contribution >= 0.6 is 0 Å². The molecule has 8 nitrogen and oxygen atoms in total. The molecule has 1 fully saturated rings. The Balaban J connectivity index is 1.73. The molecule has 1 aromatic carbocycles. The number of nitrogens with zero attached hydrogens (tertiary/aromatic N) is 4. The number of ether oxygens (including phenoxy) is 2. The summed E-state index contributed by atoms with van der Waals surface area (Å²) in [7, 11) is 1.11. The lowest BCUT2D eigenvalue weighted by Crippen LogP contribution is -2.42. The van der Waals surface area contributed by atoms with Gasteiger partial charge in [-0.3, -0.25) is 14.8 Å². The van der Waals surface area contributed by atoms with Gasteiger partial charge < -0.3 is 14.4 Å². The summed E-state index contributed by atoms with van der Waals surface area (Å²) >= 11 is 0. The van der Waals surface area contributed by atoms with Crippen molar-refractivity contribution in [1.82, 2.24) is 15.0 Å². The Labute approximate surface area is 234 Å². The third kappa shape index (κ3) is 6.98. The second kappa shape index (κ2) is 12.6. The zero-order valence-electron chi connectivity index (χ0n) is 22.9. The molecule has 0 N–H and O–H groups in total. The highest BCUT2D eigenvalue weighted by Gasteiger charge is 2.37. The van der Waals surface area contributed by atoms with E-state index in [-0.39, 0.29) is 35.1 Å². The van der Waals surface area contributed by atoms with E-state index in [2.05, 4.69) is 15.0 Å². The maximum atomic E-state index is 15.5. The minimum absolute atomic E-state index is 0.0276. The quantitative estimate of drug-likeness (QED) is 0.223. The monoisotopic (exact) mass is 574 g/mol. The molecular formula is C29H30F4N4O4. The fraction of sp³-hybridized carbons (Fsp3) is 0.414. The number of carbonyl (C=O) groups is 2. The predicted molar refractivity (Wildman–Crippen MR) is 141 cm³/mol. The van der Waals surface area contributed by atoms with Crippen LogP contribution in [0.4, 0.5) is 23.2 Å². The number of alkyl halides is 3. The maximum absolute atomic E-state index is 15.5. The van der Waals surface area contributed by atoms with Gasteiger partial charge in [0.25, 0.3) is 0 Å². The van der Waals surface area contributed by atoms with Crippen LogP contribution in [0.5, 0.6) is 11.6 Å². The van der Waals surface area contributed by atoms with Crippen molar-refractivity contribution < 1.29 is 36.6 Å². The number of anilines is 1. The summed E-state index contributed by atoms with van der Waals surface area (Å²) in [5, 5.41) is 0. The zero-order valence-corrected chi connectivity index (χ0v) is 22.9. The minimum atomic E-state index is -4.89. The molecule has 3 aromatic rings. The van der Waals surface area contributed by atoms with Crippen LogP contribution in [0.2, 0.25) is 0 Å². The number of rotatable bonds is 8. The molecule has 1 aliphatic carbocycles. The average molecular weight is 575 g/mol. The summed E-state index contributed by atoms with van der Waals surface area (Å²) in [5.41, 5.74) is -0.897. The fourth-order valence-corrected chi connectivity index (χ4v) is 4.90. The third-order valence-corrected chi connectivity index (χ3v) is 6.84. The second-order valence-electron chi connectivity index (χ2n) is 10.1. The number of hydrogen-bond acceptors (Lipinski definition) is 7. The molecule has 2 heterocycles. The van der Waals surface area contributed by atoms with E-state index in [0.717, 1.165) is 50.8 Å². The van der Waals surface area contributed by atoms with Gasteiger partial charge in [-0.2, -0.15) is 13.2 Å². The summed E-state index contributed by atoms with van der Waals surface area (Å²) in [4.78, 5) is 39.4. The minimum Gasteiger partial charge on any atom is -0.465 e. The largest absolute Gasteiger partial charge is 0.465 e. The number of aromatic nitrogens is 3. The molecule has 0 bridgehead atoms. The van der Waals surface area contributed by atoms with Crippen molar-refractivity contribution >= 4 is 17.6 Å². The van der Waals surface area contributed by atoms with Crippen molar-refractivity contribution in [3.63, 3.8) is 0 Å². The highest BCUT2D eigenvalue weighted by Crippen LogP contribution is 2.40. The van der Waals surface area contributed by atoms with Gasteiger partial charge in [-0.1, -0.05) is 19.3 Å². The Hall–Kier alpha value is -4.09. The van der Waals surface area contributed by atoms with E-state index in [1.807, 2.05) is 0 Å². The Morgan fingerprint density at radius 2 is 1.78 bits per heavy atom. The lowest BCUT2D eigenvalue weighted by Gasteiger charge is -2.33. The van der Waals surface area contributed by atoms with Gasteiger partial charge in [0.2, 0.25) is 11.8 Å². The lowest BCUT2D eigenvalue weighted by molar-refractivity contribution is -0.139. The molecule has 1 aliphatic rings. The number of methoxy groups -OCH3 is 1. The van der Waals surface area contributed by atoms with E-state index in [0.29, 0.717) is 18.5 Å². The summed E-state index contributed by atoms with van der Waals surface area (Å²) in [5.74, 6) is -4.10. The van der Waals surface area contributed by atoms with Crippen molar-refractivity contribution in [2.75, 3.05) is 12.0 Å². The molecule has 218 valence electrons. The normalized spacial score (nSPS) is 14.1. The molecule has 2 aromatic heterocycles. The molecule has 0 unspecified atom stereocenters. The van der Waals surface area contributed by atoms with Crippen LogP contribution in [-0.4, -0.2) is 40.0 Å².